The zero-order valence-electron chi connectivity index (χ0n) is 29.4. The average molecular weight is 659 g/mol. The van der Waals surface area contributed by atoms with E-state index in [1.807, 2.05) is 90.1 Å². The molecule has 0 saturated carbocycles. The zero-order chi connectivity index (χ0) is 35.1. The van der Waals surface area contributed by atoms with Gasteiger partial charge in [0.25, 0.3) is 0 Å². The van der Waals surface area contributed by atoms with Gasteiger partial charge in [-0.15, -0.1) is 5.10 Å². The van der Waals surface area contributed by atoms with Crippen molar-refractivity contribution in [3.63, 3.8) is 0 Å². The number of hydrogen-bond acceptors (Lipinski definition) is 7. The van der Waals surface area contributed by atoms with E-state index in [4.69, 9.17) is 4.74 Å². The predicted octanol–water partition coefficient (Wildman–Crippen LogP) is 5.46. The molecule has 0 bridgehead atoms. The summed E-state index contributed by atoms with van der Waals surface area (Å²) in [4.78, 5) is 53.0. The van der Waals surface area contributed by atoms with Crippen LogP contribution in [0.1, 0.15) is 86.1 Å². The lowest BCUT2D eigenvalue weighted by Crippen LogP contribution is -2.37. The van der Waals surface area contributed by atoms with E-state index in [1.54, 1.807) is 16.5 Å². The molecule has 4 rings (SSSR count). The lowest BCUT2D eigenvalue weighted by Gasteiger charge is -2.31. The Bertz CT molecular complexity index is 1630. The minimum atomic E-state index is -0.434. The fraction of sp³-hybridized carbons (Fsp3) is 0.514. The fourth-order valence-corrected chi connectivity index (χ4v) is 5.64. The minimum Gasteiger partial charge on any atom is -0.375 e. The third-order valence-electron chi connectivity index (χ3n) is 9.25. The van der Waals surface area contributed by atoms with Crippen molar-refractivity contribution < 1.29 is 23.9 Å². The summed E-state index contributed by atoms with van der Waals surface area (Å²) in [5, 5.41) is 14.7. The van der Waals surface area contributed by atoms with Gasteiger partial charge in [0.2, 0.25) is 17.7 Å². The van der Waals surface area contributed by atoms with Crippen molar-refractivity contribution >= 4 is 29.2 Å². The molecule has 1 atom stereocenters. The SMILES string of the molecule is CCC(C)(CCNC(=O)CCC(=O)N1Cc2ccccc2-c2c(nnn2CC(=O)NC(C)C)-c2ccccc21)OCCC(C)(C)C(C)=O. The largest absolute Gasteiger partial charge is 0.375 e. The van der Waals surface area contributed by atoms with E-state index in [-0.39, 0.29) is 55.5 Å². The highest BCUT2D eigenvalue weighted by molar-refractivity contribution is 6.01. The molecule has 0 radical (unpaired) electrons. The molecule has 0 aliphatic carbocycles. The Labute approximate surface area is 283 Å². The van der Waals surface area contributed by atoms with Gasteiger partial charge in [-0.25, -0.2) is 4.68 Å². The van der Waals surface area contributed by atoms with Crippen LogP contribution in [0, 0.1) is 5.41 Å². The van der Waals surface area contributed by atoms with Gasteiger partial charge in [-0.05, 0) is 58.6 Å². The number of Topliss-reactive ketones (excluding diaryl/α,β-unsaturated/α-hetero) is 1. The van der Waals surface area contributed by atoms with E-state index in [1.165, 1.54) is 0 Å². The van der Waals surface area contributed by atoms with Crippen LogP contribution in [-0.2, 0) is 37.0 Å². The van der Waals surface area contributed by atoms with E-state index in [9.17, 15) is 19.2 Å². The van der Waals surface area contributed by atoms with E-state index in [2.05, 4.69) is 20.9 Å². The number of carbonyl (C=O) groups is 4. The number of amides is 3. The lowest BCUT2D eigenvalue weighted by molar-refractivity contribution is -0.127. The van der Waals surface area contributed by atoms with E-state index >= 15 is 0 Å². The Morgan fingerprint density at radius 1 is 0.938 bits per heavy atom. The minimum absolute atomic E-state index is 0.00904. The first kappa shape index (κ1) is 36.5. The Morgan fingerprint density at radius 3 is 2.31 bits per heavy atom. The number of rotatable bonds is 15. The van der Waals surface area contributed by atoms with E-state index in [0.29, 0.717) is 43.1 Å². The van der Waals surface area contributed by atoms with Gasteiger partial charge < -0.3 is 20.3 Å². The summed E-state index contributed by atoms with van der Waals surface area (Å²) in [6, 6.07) is 15.3. The summed E-state index contributed by atoms with van der Waals surface area (Å²) >= 11 is 0. The molecule has 2 heterocycles. The second kappa shape index (κ2) is 15.7. The number of hydrogen-bond donors (Lipinski definition) is 2. The normalized spacial score (nSPS) is 13.8. The number of aromatic nitrogens is 3. The quantitative estimate of drug-likeness (QED) is 0.221. The first-order valence-electron chi connectivity index (χ1n) is 16.9. The van der Waals surface area contributed by atoms with E-state index in [0.717, 1.165) is 23.1 Å². The highest BCUT2D eigenvalue weighted by Gasteiger charge is 2.30. The van der Waals surface area contributed by atoms with Gasteiger partial charge in [0, 0.05) is 48.6 Å². The molecule has 48 heavy (non-hydrogen) atoms. The Balaban J connectivity index is 1.45. The van der Waals surface area contributed by atoms with Gasteiger partial charge in [-0.1, -0.05) is 68.4 Å². The number of para-hydroxylation sites is 1. The number of nitrogens with one attached hydrogen (secondary N) is 2. The van der Waals surface area contributed by atoms with Crippen molar-refractivity contribution in [2.75, 3.05) is 18.1 Å². The molecule has 0 fully saturated rings. The second-order valence-electron chi connectivity index (χ2n) is 13.8. The van der Waals surface area contributed by atoms with Gasteiger partial charge in [-0.2, -0.15) is 0 Å². The summed E-state index contributed by atoms with van der Waals surface area (Å²) < 4.78 is 7.79. The van der Waals surface area contributed by atoms with Crippen molar-refractivity contribution in [1.82, 2.24) is 25.6 Å². The highest BCUT2D eigenvalue weighted by Crippen LogP contribution is 2.41. The molecule has 3 amide bonds. The predicted molar refractivity (Wildman–Crippen MR) is 186 cm³/mol. The standard InChI is InChI=1S/C37H50N6O5/c1-8-37(7,48-22-20-36(5,6)26(4)44)19-21-38-31(45)17-18-33(47)42-23-27-13-9-10-14-28(27)35-34(29-15-11-12-16-30(29)42)40-41-43(35)24-32(46)39-25(2)3/h9-16,25H,8,17-24H2,1-7H3,(H,38,45)(H,39,46). The Kier molecular flexibility index (Phi) is 11.9. The van der Waals surface area contributed by atoms with Gasteiger partial charge >= 0.3 is 0 Å². The summed E-state index contributed by atoms with van der Waals surface area (Å²) in [5.74, 6) is -0.421. The molecule has 1 aliphatic rings. The molecule has 258 valence electrons. The zero-order valence-corrected chi connectivity index (χ0v) is 29.4. The van der Waals surface area contributed by atoms with Crippen LogP contribution in [0.4, 0.5) is 5.69 Å². The van der Waals surface area contributed by atoms with Crippen LogP contribution in [0.5, 0.6) is 0 Å². The van der Waals surface area contributed by atoms with Gasteiger partial charge in [0.1, 0.15) is 18.0 Å². The molecule has 2 aromatic carbocycles. The second-order valence-corrected chi connectivity index (χ2v) is 13.8. The van der Waals surface area contributed by atoms with Crippen LogP contribution in [-0.4, -0.2) is 63.3 Å². The number of ketones is 1. The number of benzene rings is 2. The molecular formula is C37H50N6O5. The number of carbonyl (C=O) groups excluding carboxylic acids is 4. The molecular weight excluding hydrogens is 608 g/mol. The van der Waals surface area contributed by atoms with Crippen molar-refractivity contribution in [3.8, 4) is 22.5 Å². The van der Waals surface area contributed by atoms with Gasteiger partial charge in [0.05, 0.1) is 23.5 Å². The molecule has 0 saturated heterocycles. The molecule has 1 aliphatic heterocycles. The molecule has 1 unspecified atom stereocenters. The average Bonchev–Trinajstić information content (AvgIpc) is 3.43. The number of anilines is 1. The molecule has 2 N–H and O–H groups in total. The van der Waals surface area contributed by atoms with Crippen molar-refractivity contribution in [2.24, 2.45) is 5.41 Å². The maximum absolute atomic E-state index is 13.8. The molecule has 11 heteroatoms. The fourth-order valence-electron chi connectivity index (χ4n) is 5.64. The first-order valence-corrected chi connectivity index (χ1v) is 16.9. The van der Waals surface area contributed by atoms with Gasteiger partial charge in [-0.3, -0.25) is 19.2 Å². The van der Waals surface area contributed by atoms with Crippen LogP contribution in [0.25, 0.3) is 22.5 Å². The third-order valence-corrected chi connectivity index (χ3v) is 9.25. The number of nitrogens with zero attached hydrogens (tertiary/aromatic N) is 4. The summed E-state index contributed by atoms with van der Waals surface area (Å²) in [7, 11) is 0. The van der Waals surface area contributed by atoms with Crippen molar-refractivity contribution in [3.05, 3.63) is 54.1 Å². The lowest BCUT2D eigenvalue weighted by atomic mass is 9.85. The van der Waals surface area contributed by atoms with Crippen LogP contribution in [0.15, 0.2) is 48.5 Å². The Hall–Kier alpha value is -4.38. The third kappa shape index (κ3) is 8.94. The van der Waals surface area contributed by atoms with Crippen LogP contribution in [0.3, 0.4) is 0 Å². The Morgan fingerprint density at radius 2 is 1.62 bits per heavy atom. The molecule has 11 nitrogen and oxygen atoms in total. The molecule has 3 aromatic rings. The number of fused-ring (bicyclic) bond motifs is 5. The topological polar surface area (TPSA) is 136 Å². The first-order chi connectivity index (χ1) is 22.7. The molecule has 1 aromatic heterocycles. The van der Waals surface area contributed by atoms with Gasteiger partial charge in [0.15, 0.2) is 0 Å². The highest BCUT2D eigenvalue weighted by atomic mass is 16.5. The number of ether oxygens (including phenoxy) is 1. The van der Waals surface area contributed by atoms with E-state index < -0.39 is 11.0 Å². The smallest absolute Gasteiger partial charge is 0.242 e. The van der Waals surface area contributed by atoms with Crippen LogP contribution < -0.4 is 15.5 Å². The maximum atomic E-state index is 13.8. The summed E-state index contributed by atoms with van der Waals surface area (Å²) in [6.07, 6.45) is 2.08. The maximum Gasteiger partial charge on any atom is 0.242 e. The molecule has 0 spiro atoms. The van der Waals surface area contributed by atoms with Crippen LogP contribution >= 0.6 is 0 Å². The summed E-state index contributed by atoms with van der Waals surface area (Å²) in [5.41, 5.74) is 3.54. The van der Waals surface area contributed by atoms with Crippen molar-refractivity contribution in [1.29, 1.82) is 0 Å². The van der Waals surface area contributed by atoms with Crippen LogP contribution in [0.2, 0.25) is 0 Å². The summed E-state index contributed by atoms with van der Waals surface area (Å²) in [6.45, 7) is 14.5. The monoisotopic (exact) mass is 658 g/mol. The van der Waals surface area contributed by atoms with Crippen molar-refractivity contribution in [2.45, 2.75) is 105 Å².